The summed E-state index contributed by atoms with van der Waals surface area (Å²) in [7, 11) is 0. The van der Waals surface area contributed by atoms with E-state index in [0.717, 1.165) is 37.2 Å². The second-order valence-electron chi connectivity index (χ2n) is 7.72. The number of rotatable bonds is 9. The number of ketones is 1. The van der Waals surface area contributed by atoms with Crippen LogP contribution in [0.25, 0.3) is 11.1 Å². The number of fused-ring (bicyclic) bond motifs is 3. The molecule has 1 aliphatic heterocycles. The van der Waals surface area contributed by atoms with E-state index >= 15 is 0 Å². The smallest absolute Gasteiger partial charge is 0.196 e. The normalized spacial score (nSPS) is 15.2. The number of nitrogen functional groups attached to an aromatic ring is 1. The van der Waals surface area contributed by atoms with Gasteiger partial charge in [-0.25, -0.2) is 0 Å². The van der Waals surface area contributed by atoms with E-state index in [1.807, 2.05) is 32.0 Å². The van der Waals surface area contributed by atoms with Crippen LogP contribution in [0.5, 0.6) is 17.2 Å². The van der Waals surface area contributed by atoms with Crippen LogP contribution in [-0.2, 0) is 0 Å². The van der Waals surface area contributed by atoms with Crippen molar-refractivity contribution in [3.05, 3.63) is 35.4 Å². The second kappa shape index (κ2) is 8.96. The summed E-state index contributed by atoms with van der Waals surface area (Å²) >= 11 is 0. The first-order valence-electron chi connectivity index (χ1n) is 10.9. The molecule has 2 aromatic carbocycles. The summed E-state index contributed by atoms with van der Waals surface area (Å²) in [4.78, 5) is 15.7. The molecule has 1 heterocycles. The summed E-state index contributed by atoms with van der Waals surface area (Å²) in [5.41, 5.74) is 9.29. The number of ether oxygens (including phenoxy) is 3. The fourth-order valence-electron chi connectivity index (χ4n) is 4.26. The molecule has 0 unspecified atom stereocenters. The molecule has 6 heteroatoms. The Bertz CT molecular complexity index is 935. The van der Waals surface area contributed by atoms with Crippen molar-refractivity contribution in [2.45, 2.75) is 33.1 Å². The quantitative estimate of drug-likeness (QED) is 0.535. The van der Waals surface area contributed by atoms with Crippen molar-refractivity contribution in [2.24, 2.45) is 0 Å². The standard InChI is InChI=1S/C24H30N2O4/c1-3-13-29-18-15-19(28-4-2)23(25)22-21(18)20-16(24(22)27)8-7-9-17(20)30-14-12-26-10-5-6-11-26/h7-9,15H,3-6,10-14,25H2,1-2H3. The van der Waals surface area contributed by atoms with Crippen LogP contribution in [0.4, 0.5) is 5.69 Å². The number of benzene rings is 2. The van der Waals surface area contributed by atoms with Gasteiger partial charge in [0, 0.05) is 29.3 Å². The summed E-state index contributed by atoms with van der Waals surface area (Å²) < 4.78 is 17.9. The minimum Gasteiger partial charge on any atom is -0.493 e. The van der Waals surface area contributed by atoms with E-state index in [-0.39, 0.29) is 5.78 Å². The molecule has 0 bridgehead atoms. The fourth-order valence-corrected chi connectivity index (χ4v) is 4.26. The molecular formula is C24H30N2O4. The molecule has 2 aromatic rings. The third-order valence-corrected chi connectivity index (χ3v) is 5.67. The average molecular weight is 411 g/mol. The van der Waals surface area contributed by atoms with Gasteiger partial charge in [0.25, 0.3) is 0 Å². The van der Waals surface area contributed by atoms with E-state index in [1.54, 1.807) is 6.07 Å². The van der Waals surface area contributed by atoms with Crippen molar-refractivity contribution in [1.29, 1.82) is 0 Å². The predicted octanol–water partition coefficient (Wildman–Crippen LogP) is 4.14. The Hall–Kier alpha value is -2.73. The topological polar surface area (TPSA) is 74.0 Å². The summed E-state index contributed by atoms with van der Waals surface area (Å²) in [6.07, 6.45) is 3.36. The van der Waals surface area contributed by atoms with Crippen molar-refractivity contribution in [2.75, 3.05) is 45.2 Å². The lowest BCUT2D eigenvalue weighted by molar-refractivity contribution is 0.104. The molecule has 6 nitrogen and oxygen atoms in total. The Morgan fingerprint density at radius 3 is 2.43 bits per heavy atom. The first kappa shape index (κ1) is 20.5. The van der Waals surface area contributed by atoms with Crippen molar-refractivity contribution >= 4 is 11.5 Å². The van der Waals surface area contributed by atoms with E-state index < -0.39 is 0 Å². The van der Waals surface area contributed by atoms with Crippen LogP contribution in [0.1, 0.15) is 49.0 Å². The molecule has 1 fully saturated rings. The van der Waals surface area contributed by atoms with Gasteiger partial charge < -0.3 is 19.9 Å². The molecule has 1 saturated heterocycles. The minimum absolute atomic E-state index is 0.106. The highest BCUT2D eigenvalue weighted by Gasteiger charge is 2.36. The molecule has 30 heavy (non-hydrogen) atoms. The zero-order valence-electron chi connectivity index (χ0n) is 17.8. The minimum atomic E-state index is -0.106. The molecule has 2 aliphatic rings. The number of nitrogens with two attached hydrogens (primary N) is 1. The van der Waals surface area contributed by atoms with E-state index in [4.69, 9.17) is 19.9 Å². The number of likely N-dealkylation sites (tertiary alicyclic amines) is 1. The molecule has 0 radical (unpaired) electrons. The van der Waals surface area contributed by atoms with Crippen molar-refractivity contribution in [1.82, 2.24) is 4.90 Å². The van der Waals surface area contributed by atoms with Crippen LogP contribution < -0.4 is 19.9 Å². The molecule has 0 atom stereocenters. The maximum Gasteiger partial charge on any atom is 0.196 e. The Morgan fingerprint density at radius 2 is 1.70 bits per heavy atom. The van der Waals surface area contributed by atoms with Gasteiger partial charge in [0.2, 0.25) is 0 Å². The van der Waals surface area contributed by atoms with Gasteiger partial charge in [0.15, 0.2) is 5.78 Å². The number of hydrogen-bond donors (Lipinski definition) is 1. The van der Waals surface area contributed by atoms with Gasteiger partial charge in [-0.1, -0.05) is 19.1 Å². The Labute approximate surface area is 177 Å². The molecule has 160 valence electrons. The number of nitrogens with zero attached hydrogens (tertiary/aromatic N) is 1. The molecule has 0 aromatic heterocycles. The van der Waals surface area contributed by atoms with Crippen LogP contribution in [0.3, 0.4) is 0 Å². The SMILES string of the molecule is CCCOc1cc(OCC)c(N)c2c1-c1c(OCCN3CCCC3)cccc1C2=O. The third kappa shape index (κ3) is 3.72. The van der Waals surface area contributed by atoms with E-state index in [9.17, 15) is 4.79 Å². The fraction of sp³-hybridized carbons (Fsp3) is 0.458. The monoisotopic (exact) mass is 410 g/mol. The van der Waals surface area contributed by atoms with Crippen LogP contribution in [0.15, 0.2) is 24.3 Å². The number of hydrogen-bond acceptors (Lipinski definition) is 6. The summed E-state index contributed by atoms with van der Waals surface area (Å²) in [5, 5.41) is 0. The van der Waals surface area contributed by atoms with E-state index in [2.05, 4.69) is 4.90 Å². The molecule has 2 N–H and O–H groups in total. The zero-order chi connectivity index (χ0) is 21.1. The van der Waals surface area contributed by atoms with Crippen LogP contribution in [0.2, 0.25) is 0 Å². The van der Waals surface area contributed by atoms with Gasteiger partial charge in [0.05, 0.1) is 24.5 Å². The molecule has 0 spiro atoms. The first-order valence-corrected chi connectivity index (χ1v) is 10.9. The van der Waals surface area contributed by atoms with Gasteiger partial charge in [-0.05, 0) is 45.3 Å². The number of carbonyl (C=O) groups is 1. The van der Waals surface area contributed by atoms with Crippen LogP contribution >= 0.6 is 0 Å². The van der Waals surface area contributed by atoms with E-state index in [1.165, 1.54) is 12.8 Å². The third-order valence-electron chi connectivity index (χ3n) is 5.67. The second-order valence-corrected chi connectivity index (χ2v) is 7.72. The van der Waals surface area contributed by atoms with Gasteiger partial charge in [0.1, 0.15) is 23.9 Å². The predicted molar refractivity (Wildman–Crippen MR) is 118 cm³/mol. The lowest BCUT2D eigenvalue weighted by Gasteiger charge is -2.18. The summed E-state index contributed by atoms with van der Waals surface area (Å²) in [6.45, 7) is 8.67. The Morgan fingerprint density at radius 1 is 0.933 bits per heavy atom. The number of carbonyl (C=O) groups excluding carboxylic acids is 1. The van der Waals surface area contributed by atoms with Gasteiger partial charge in [-0.15, -0.1) is 0 Å². The lowest BCUT2D eigenvalue weighted by Crippen LogP contribution is -2.25. The lowest BCUT2D eigenvalue weighted by atomic mass is 10.0. The molecule has 4 rings (SSSR count). The molecule has 1 aliphatic carbocycles. The van der Waals surface area contributed by atoms with Crippen LogP contribution in [-0.4, -0.2) is 50.1 Å². The first-order chi connectivity index (χ1) is 14.7. The average Bonchev–Trinajstić information content (AvgIpc) is 3.37. The van der Waals surface area contributed by atoms with Gasteiger partial charge in [-0.3, -0.25) is 9.69 Å². The Kier molecular flexibility index (Phi) is 6.13. The highest BCUT2D eigenvalue weighted by Crippen LogP contribution is 2.52. The maximum atomic E-state index is 13.3. The summed E-state index contributed by atoms with van der Waals surface area (Å²) in [5.74, 6) is 1.70. The largest absolute Gasteiger partial charge is 0.493 e. The van der Waals surface area contributed by atoms with Crippen molar-refractivity contribution in [3.63, 3.8) is 0 Å². The maximum absolute atomic E-state index is 13.3. The van der Waals surface area contributed by atoms with E-state index in [0.29, 0.717) is 53.9 Å². The zero-order valence-corrected chi connectivity index (χ0v) is 17.8. The van der Waals surface area contributed by atoms with Gasteiger partial charge >= 0.3 is 0 Å². The number of anilines is 1. The highest BCUT2D eigenvalue weighted by atomic mass is 16.5. The van der Waals surface area contributed by atoms with Crippen molar-refractivity contribution in [3.8, 4) is 28.4 Å². The Balaban J connectivity index is 1.73. The van der Waals surface area contributed by atoms with Gasteiger partial charge in [-0.2, -0.15) is 0 Å². The molecule has 0 saturated carbocycles. The van der Waals surface area contributed by atoms with Crippen molar-refractivity contribution < 1.29 is 19.0 Å². The van der Waals surface area contributed by atoms with Crippen LogP contribution in [0, 0.1) is 0 Å². The highest BCUT2D eigenvalue weighted by molar-refractivity contribution is 6.26. The summed E-state index contributed by atoms with van der Waals surface area (Å²) in [6, 6.07) is 7.41. The molecular weight excluding hydrogens is 380 g/mol. The molecule has 0 amide bonds.